The number of anilines is 1. The van der Waals surface area contributed by atoms with Gasteiger partial charge in [0.2, 0.25) is 12.7 Å². The van der Waals surface area contributed by atoms with Crippen molar-refractivity contribution >= 4 is 35.1 Å². The first kappa shape index (κ1) is 19.6. The molecule has 1 N–H and O–H groups in total. The lowest BCUT2D eigenvalue weighted by molar-refractivity contribution is -0.118. The van der Waals surface area contributed by atoms with E-state index in [-0.39, 0.29) is 18.5 Å². The van der Waals surface area contributed by atoms with E-state index in [0.717, 1.165) is 30.1 Å². The van der Waals surface area contributed by atoms with Gasteiger partial charge < -0.3 is 19.7 Å². The molecule has 1 aromatic carbocycles. The first-order valence-electron chi connectivity index (χ1n) is 8.59. The van der Waals surface area contributed by atoms with Crippen molar-refractivity contribution in [1.29, 1.82) is 0 Å². The van der Waals surface area contributed by atoms with E-state index in [2.05, 4.69) is 22.2 Å². The van der Waals surface area contributed by atoms with Crippen LogP contribution in [0.1, 0.15) is 18.9 Å². The Morgan fingerprint density at radius 1 is 1.30 bits per heavy atom. The van der Waals surface area contributed by atoms with Crippen molar-refractivity contribution in [2.24, 2.45) is 0 Å². The number of benzene rings is 1. The maximum Gasteiger partial charge on any atom is 0.231 e. The average Bonchev–Trinajstić information content (AvgIpc) is 3.12. The summed E-state index contributed by atoms with van der Waals surface area (Å²) in [5.74, 6) is 2.28. The Morgan fingerprint density at radius 3 is 2.93 bits per heavy atom. The second-order valence-electron chi connectivity index (χ2n) is 6.01. The Kier molecular flexibility index (Phi) is 6.63. The number of aromatic nitrogens is 2. The van der Waals surface area contributed by atoms with E-state index in [4.69, 9.17) is 21.1 Å². The summed E-state index contributed by atoms with van der Waals surface area (Å²) >= 11 is 7.34. The molecule has 0 saturated heterocycles. The normalized spacial score (nSPS) is 12.1. The number of hydrogen-bond donors (Lipinski definition) is 1. The highest BCUT2D eigenvalue weighted by atomic mass is 35.5. The number of halogens is 1. The molecular formula is C18H21ClN4O3S. The van der Waals surface area contributed by atoms with Crippen molar-refractivity contribution in [3.05, 3.63) is 35.0 Å². The number of carbonyl (C=O) groups is 1. The van der Waals surface area contributed by atoms with Gasteiger partial charge in [-0.25, -0.2) is 9.97 Å². The van der Waals surface area contributed by atoms with Crippen LogP contribution in [0.15, 0.2) is 29.4 Å². The van der Waals surface area contributed by atoms with Crippen molar-refractivity contribution in [2.45, 2.75) is 25.0 Å². The van der Waals surface area contributed by atoms with E-state index in [1.807, 2.05) is 30.1 Å². The van der Waals surface area contributed by atoms with Crippen LogP contribution in [0.4, 0.5) is 5.82 Å². The van der Waals surface area contributed by atoms with Crippen molar-refractivity contribution in [3.8, 4) is 11.5 Å². The molecule has 0 unspecified atom stereocenters. The highest BCUT2D eigenvalue weighted by Crippen LogP contribution is 2.32. The van der Waals surface area contributed by atoms with Gasteiger partial charge in [0.15, 0.2) is 16.7 Å². The van der Waals surface area contributed by atoms with Gasteiger partial charge in [-0.3, -0.25) is 4.79 Å². The second kappa shape index (κ2) is 9.14. The lowest BCUT2D eigenvalue weighted by Gasteiger charge is -2.17. The Labute approximate surface area is 167 Å². The fourth-order valence-corrected chi connectivity index (χ4v) is 3.44. The van der Waals surface area contributed by atoms with E-state index < -0.39 is 0 Å². The highest BCUT2D eigenvalue weighted by Gasteiger charge is 2.14. The summed E-state index contributed by atoms with van der Waals surface area (Å²) in [6, 6.07) is 7.33. The van der Waals surface area contributed by atoms with Crippen molar-refractivity contribution in [3.63, 3.8) is 0 Å². The fraction of sp³-hybridized carbons (Fsp3) is 0.389. The predicted octanol–water partition coefficient (Wildman–Crippen LogP) is 3.11. The lowest BCUT2D eigenvalue weighted by atomic mass is 10.2. The van der Waals surface area contributed by atoms with Crippen LogP contribution < -0.4 is 19.7 Å². The standard InChI is InChI=1S/C18H21ClN4O3S/c1-3-6-23(2)16-8-15(19)21-18(22-16)27-10-17(24)20-9-12-4-5-13-14(7-12)26-11-25-13/h4-5,7-8H,3,6,9-11H2,1-2H3,(H,20,24). The van der Waals surface area contributed by atoms with Crippen molar-refractivity contribution in [1.82, 2.24) is 15.3 Å². The third kappa shape index (κ3) is 5.40. The zero-order valence-electron chi connectivity index (χ0n) is 15.2. The number of thioether (sulfide) groups is 1. The minimum absolute atomic E-state index is 0.107. The van der Waals surface area contributed by atoms with Crippen LogP contribution in [-0.2, 0) is 11.3 Å². The second-order valence-corrected chi connectivity index (χ2v) is 7.34. The van der Waals surface area contributed by atoms with Gasteiger partial charge in [0, 0.05) is 26.2 Å². The van der Waals surface area contributed by atoms with Gasteiger partial charge in [-0.2, -0.15) is 0 Å². The van der Waals surface area contributed by atoms with E-state index in [9.17, 15) is 4.79 Å². The van der Waals surface area contributed by atoms with Crippen LogP contribution in [0, 0.1) is 0 Å². The number of nitrogens with one attached hydrogen (secondary N) is 1. The molecule has 1 amide bonds. The van der Waals surface area contributed by atoms with Crippen LogP contribution in [0.25, 0.3) is 0 Å². The molecule has 0 aliphatic carbocycles. The molecule has 0 fully saturated rings. The molecule has 0 spiro atoms. The number of fused-ring (bicyclic) bond motifs is 1. The van der Waals surface area contributed by atoms with Gasteiger partial charge in [0.25, 0.3) is 0 Å². The molecule has 3 rings (SSSR count). The van der Waals surface area contributed by atoms with Crippen molar-refractivity contribution in [2.75, 3.05) is 31.0 Å². The quantitative estimate of drug-likeness (QED) is 0.408. The largest absolute Gasteiger partial charge is 0.454 e. The Bertz CT molecular complexity index is 821. The molecule has 144 valence electrons. The van der Waals surface area contributed by atoms with Gasteiger partial charge in [-0.1, -0.05) is 36.4 Å². The Morgan fingerprint density at radius 2 is 2.11 bits per heavy atom. The molecule has 0 saturated carbocycles. The summed E-state index contributed by atoms with van der Waals surface area (Å²) in [4.78, 5) is 22.8. The molecule has 9 heteroatoms. The summed E-state index contributed by atoms with van der Waals surface area (Å²) in [5.41, 5.74) is 0.945. The number of hydrogen-bond acceptors (Lipinski definition) is 7. The third-order valence-electron chi connectivity index (χ3n) is 3.87. The molecule has 2 aromatic rings. The van der Waals surface area contributed by atoms with E-state index in [1.165, 1.54) is 11.8 Å². The first-order valence-corrected chi connectivity index (χ1v) is 9.95. The fourth-order valence-electron chi connectivity index (χ4n) is 2.53. The molecular weight excluding hydrogens is 388 g/mol. The molecule has 0 radical (unpaired) electrons. The molecule has 0 bridgehead atoms. The predicted molar refractivity (Wildman–Crippen MR) is 106 cm³/mol. The summed E-state index contributed by atoms with van der Waals surface area (Å²) in [6.45, 7) is 3.61. The van der Waals surface area contributed by atoms with Crippen LogP contribution in [0.5, 0.6) is 11.5 Å². The van der Waals surface area contributed by atoms with Gasteiger partial charge in [-0.05, 0) is 24.1 Å². The molecule has 7 nitrogen and oxygen atoms in total. The van der Waals surface area contributed by atoms with Crippen molar-refractivity contribution < 1.29 is 14.3 Å². The maximum atomic E-state index is 12.1. The Hall–Kier alpha value is -2.19. The van der Waals surface area contributed by atoms with E-state index in [0.29, 0.717) is 22.6 Å². The summed E-state index contributed by atoms with van der Waals surface area (Å²) < 4.78 is 10.6. The Balaban J connectivity index is 1.51. The van der Waals surface area contributed by atoms with Crippen LogP contribution in [0.3, 0.4) is 0 Å². The monoisotopic (exact) mass is 408 g/mol. The number of carbonyl (C=O) groups excluding carboxylic acids is 1. The smallest absolute Gasteiger partial charge is 0.231 e. The highest BCUT2D eigenvalue weighted by molar-refractivity contribution is 7.99. The molecule has 27 heavy (non-hydrogen) atoms. The average molecular weight is 409 g/mol. The number of rotatable bonds is 8. The topological polar surface area (TPSA) is 76.6 Å². The van der Waals surface area contributed by atoms with Crippen LogP contribution in [-0.4, -0.2) is 42.0 Å². The summed E-state index contributed by atoms with van der Waals surface area (Å²) in [6.07, 6.45) is 1.00. The molecule has 1 aromatic heterocycles. The zero-order chi connectivity index (χ0) is 19.2. The molecule has 1 aliphatic heterocycles. The summed E-state index contributed by atoms with van der Waals surface area (Å²) in [5, 5.41) is 3.73. The first-order chi connectivity index (χ1) is 13.0. The number of ether oxygens (including phenoxy) is 2. The van der Waals surface area contributed by atoms with E-state index >= 15 is 0 Å². The lowest BCUT2D eigenvalue weighted by Crippen LogP contribution is -2.24. The van der Waals surface area contributed by atoms with Crippen LogP contribution >= 0.6 is 23.4 Å². The molecule has 0 atom stereocenters. The maximum absolute atomic E-state index is 12.1. The summed E-state index contributed by atoms with van der Waals surface area (Å²) in [7, 11) is 1.95. The van der Waals surface area contributed by atoms with Gasteiger partial charge in [0.1, 0.15) is 11.0 Å². The van der Waals surface area contributed by atoms with E-state index in [1.54, 1.807) is 6.07 Å². The SMILES string of the molecule is CCCN(C)c1cc(Cl)nc(SCC(=O)NCc2ccc3c(c2)OCO3)n1. The number of nitrogens with zero attached hydrogens (tertiary/aromatic N) is 3. The third-order valence-corrected chi connectivity index (χ3v) is 4.91. The number of amides is 1. The molecule has 2 heterocycles. The van der Waals surface area contributed by atoms with Gasteiger partial charge in [-0.15, -0.1) is 0 Å². The van der Waals surface area contributed by atoms with Gasteiger partial charge in [0.05, 0.1) is 5.75 Å². The molecule has 1 aliphatic rings. The minimum atomic E-state index is -0.107. The van der Waals surface area contributed by atoms with Crippen LogP contribution in [0.2, 0.25) is 5.15 Å². The zero-order valence-corrected chi connectivity index (χ0v) is 16.8. The van der Waals surface area contributed by atoms with Gasteiger partial charge >= 0.3 is 0 Å². The minimum Gasteiger partial charge on any atom is -0.454 e.